The van der Waals surface area contributed by atoms with Gasteiger partial charge < -0.3 is 5.73 Å². The molecule has 0 saturated heterocycles. The van der Waals surface area contributed by atoms with Crippen molar-refractivity contribution in [2.45, 2.75) is 44.2 Å². The van der Waals surface area contributed by atoms with Gasteiger partial charge in [0.1, 0.15) is 18.4 Å². The van der Waals surface area contributed by atoms with E-state index in [1.54, 1.807) is 0 Å². The minimum absolute atomic E-state index is 0.637. The van der Waals surface area contributed by atoms with Gasteiger partial charge in [0, 0.05) is 0 Å². The molecule has 90 valence electrons. The molecule has 0 aromatic rings. The molecule has 1 aliphatic carbocycles. The minimum Gasteiger partial charge on any atom is -0.302 e. The summed E-state index contributed by atoms with van der Waals surface area (Å²) >= 11 is 0. The molecule has 2 N–H and O–H groups in total. The van der Waals surface area contributed by atoms with Crippen molar-refractivity contribution in [3.8, 4) is 0 Å². The highest BCUT2D eigenvalue weighted by Gasteiger charge is 2.39. The van der Waals surface area contributed by atoms with Gasteiger partial charge in [-0.1, -0.05) is 32.1 Å². The second-order valence-corrected chi connectivity index (χ2v) is 5.05. The Morgan fingerprint density at radius 2 is 2.00 bits per heavy atom. The Bertz CT molecular complexity index is 428. The Morgan fingerprint density at radius 1 is 1.18 bits per heavy atom. The fourth-order valence-electron chi connectivity index (χ4n) is 2.89. The number of nitrogens with two attached hydrogens (primary N) is 1. The van der Waals surface area contributed by atoms with Crippen LogP contribution in [0.1, 0.15) is 38.5 Å². The van der Waals surface area contributed by atoms with Gasteiger partial charge in [-0.05, 0) is 12.3 Å². The van der Waals surface area contributed by atoms with Crippen LogP contribution in [-0.2, 0) is 0 Å². The van der Waals surface area contributed by atoms with Gasteiger partial charge in [0.15, 0.2) is 11.5 Å². The lowest BCUT2D eigenvalue weighted by atomic mass is 9.81. The minimum atomic E-state index is -0.699. The Balaban J connectivity index is 1.77. The lowest BCUT2D eigenvalue weighted by molar-refractivity contribution is 0.301. The van der Waals surface area contributed by atoms with Crippen molar-refractivity contribution >= 4 is 24.2 Å². The fraction of sp³-hybridized carbons (Fsp3) is 0.667. The first kappa shape index (κ1) is 10.8. The van der Waals surface area contributed by atoms with E-state index in [1.807, 2.05) is 0 Å². The van der Waals surface area contributed by atoms with Gasteiger partial charge in [-0.25, -0.2) is 20.0 Å². The standard InChI is InChI=1S/C12H17N5/c13-12(6-9-4-2-1-3-5-9)10-11(15-7-14-10)16-8-17-12/h7-9H,1-6,13H2. The third-order valence-corrected chi connectivity index (χ3v) is 3.78. The fourth-order valence-corrected chi connectivity index (χ4v) is 2.89. The van der Waals surface area contributed by atoms with E-state index in [-0.39, 0.29) is 0 Å². The summed E-state index contributed by atoms with van der Waals surface area (Å²) in [4.78, 5) is 16.8. The van der Waals surface area contributed by atoms with Gasteiger partial charge >= 0.3 is 0 Å². The smallest absolute Gasteiger partial charge is 0.180 e. The number of rotatable bonds is 2. The van der Waals surface area contributed by atoms with Crippen molar-refractivity contribution in [2.75, 3.05) is 0 Å². The Labute approximate surface area is 101 Å². The number of amidine groups is 1. The molecule has 2 aliphatic heterocycles. The molecule has 0 aromatic carbocycles. The quantitative estimate of drug-likeness (QED) is 0.768. The lowest BCUT2D eigenvalue weighted by Crippen LogP contribution is -2.51. The highest BCUT2D eigenvalue weighted by Crippen LogP contribution is 2.32. The molecule has 2 heterocycles. The average Bonchev–Trinajstić information content (AvgIpc) is 2.80. The van der Waals surface area contributed by atoms with Gasteiger partial charge in [0.25, 0.3) is 0 Å². The molecule has 0 spiro atoms. The molecule has 1 atom stereocenters. The van der Waals surface area contributed by atoms with Crippen LogP contribution in [0.25, 0.3) is 0 Å². The Kier molecular flexibility index (Phi) is 2.63. The van der Waals surface area contributed by atoms with Crippen molar-refractivity contribution in [2.24, 2.45) is 31.6 Å². The molecule has 1 unspecified atom stereocenters. The van der Waals surface area contributed by atoms with E-state index in [9.17, 15) is 0 Å². The van der Waals surface area contributed by atoms with Crippen LogP contribution in [0.2, 0.25) is 0 Å². The topological polar surface area (TPSA) is 75.5 Å². The van der Waals surface area contributed by atoms with E-state index in [0.29, 0.717) is 11.8 Å². The maximum Gasteiger partial charge on any atom is 0.180 e. The van der Waals surface area contributed by atoms with Gasteiger partial charge in [0.05, 0.1) is 0 Å². The molecule has 17 heavy (non-hydrogen) atoms. The summed E-state index contributed by atoms with van der Waals surface area (Å²) in [6.07, 6.45) is 10.4. The summed E-state index contributed by atoms with van der Waals surface area (Å²) < 4.78 is 0. The first-order valence-electron chi connectivity index (χ1n) is 6.29. The zero-order valence-electron chi connectivity index (χ0n) is 9.84. The summed E-state index contributed by atoms with van der Waals surface area (Å²) in [5.74, 6) is 1.30. The Hall–Kier alpha value is -1.36. The van der Waals surface area contributed by atoms with Crippen LogP contribution < -0.4 is 5.73 Å². The molecule has 5 heteroatoms. The van der Waals surface area contributed by atoms with Gasteiger partial charge in [-0.3, -0.25) is 0 Å². The maximum atomic E-state index is 6.39. The molecule has 0 aromatic heterocycles. The number of fused-ring (bicyclic) bond motifs is 1. The number of aliphatic imine (C=N–C) groups is 4. The zero-order chi connectivity index (χ0) is 11.7. The normalized spacial score (nSPS) is 32.3. The van der Waals surface area contributed by atoms with E-state index >= 15 is 0 Å². The summed E-state index contributed by atoms with van der Waals surface area (Å²) in [6.45, 7) is 0. The van der Waals surface area contributed by atoms with Gasteiger partial charge in [-0.2, -0.15) is 0 Å². The van der Waals surface area contributed by atoms with Crippen LogP contribution in [0.5, 0.6) is 0 Å². The van der Waals surface area contributed by atoms with E-state index in [0.717, 1.165) is 12.1 Å². The van der Waals surface area contributed by atoms with Crippen molar-refractivity contribution in [1.82, 2.24) is 0 Å². The summed E-state index contributed by atoms with van der Waals surface area (Å²) in [7, 11) is 0. The van der Waals surface area contributed by atoms with E-state index in [1.165, 1.54) is 44.8 Å². The van der Waals surface area contributed by atoms with Crippen molar-refractivity contribution in [3.05, 3.63) is 0 Å². The third kappa shape index (κ3) is 1.95. The lowest BCUT2D eigenvalue weighted by Gasteiger charge is -2.32. The van der Waals surface area contributed by atoms with Crippen LogP contribution in [0.4, 0.5) is 0 Å². The van der Waals surface area contributed by atoms with Gasteiger partial charge in [-0.15, -0.1) is 0 Å². The third-order valence-electron chi connectivity index (χ3n) is 3.78. The molecule has 0 radical (unpaired) electrons. The molecule has 0 amide bonds. The second-order valence-electron chi connectivity index (χ2n) is 5.05. The monoisotopic (exact) mass is 231 g/mol. The molecule has 3 aliphatic rings. The van der Waals surface area contributed by atoms with Crippen LogP contribution in [0.3, 0.4) is 0 Å². The highest BCUT2D eigenvalue weighted by molar-refractivity contribution is 6.50. The summed E-state index contributed by atoms with van der Waals surface area (Å²) in [5, 5.41) is 0. The molecule has 5 nitrogen and oxygen atoms in total. The summed E-state index contributed by atoms with van der Waals surface area (Å²) in [6, 6.07) is 0. The van der Waals surface area contributed by atoms with Crippen molar-refractivity contribution in [3.63, 3.8) is 0 Å². The van der Waals surface area contributed by atoms with E-state index in [2.05, 4.69) is 20.0 Å². The van der Waals surface area contributed by atoms with Crippen LogP contribution in [-0.4, -0.2) is 29.9 Å². The van der Waals surface area contributed by atoms with Gasteiger partial charge in [0.2, 0.25) is 0 Å². The maximum absolute atomic E-state index is 6.39. The molecular weight excluding hydrogens is 214 g/mol. The highest BCUT2D eigenvalue weighted by atomic mass is 15.2. The number of hydrogen-bond acceptors (Lipinski definition) is 5. The van der Waals surface area contributed by atoms with Crippen molar-refractivity contribution < 1.29 is 0 Å². The van der Waals surface area contributed by atoms with Crippen molar-refractivity contribution in [1.29, 1.82) is 0 Å². The number of hydrogen-bond donors (Lipinski definition) is 1. The molecule has 1 saturated carbocycles. The summed E-state index contributed by atoms with van der Waals surface area (Å²) in [5.41, 5.74) is 6.43. The van der Waals surface area contributed by atoms with E-state index < -0.39 is 5.66 Å². The second kappa shape index (κ2) is 4.14. The number of nitrogens with zero attached hydrogens (tertiary/aromatic N) is 4. The largest absolute Gasteiger partial charge is 0.302 e. The molecule has 0 bridgehead atoms. The Morgan fingerprint density at radius 3 is 2.82 bits per heavy atom. The molecule has 1 fully saturated rings. The predicted molar refractivity (Wildman–Crippen MR) is 70.0 cm³/mol. The van der Waals surface area contributed by atoms with E-state index in [4.69, 9.17) is 5.73 Å². The zero-order valence-corrected chi connectivity index (χ0v) is 9.84. The predicted octanol–water partition coefficient (Wildman–Crippen LogP) is 1.54. The average molecular weight is 231 g/mol. The molecule has 3 rings (SSSR count). The van der Waals surface area contributed by atoms with Crippen LogP contribution in [0, 0.1) is 5.92 Å². The SMILES string of the molecule is NC1(CC2CCCCC2)N=CN=C2N=CN=C21. The van der Waals surface area contributed by atoms with Crippen LogP contribution >= 0.6 is 0 Å². The van der Waals surface area contributed by atoms with Crippen LogP contribution in [0.15, 0.2) is 20.0 Å². The first-order chi connectivity index (χ1) is 8.28. The first-order valence-corrected chi connectivity index (χ1v) is 6.29. The molecular formula is C12H17N5.